The molecule has 3 saturated carbocycles. The predicted molar refractivity (Wildman–Crippen MR) is 71.4 cm³/mol. The van der Waals surface area contributed by atoms with E-state index in [0.29, 0.717) is 5.56 Å². The van der Waals surface area contributed by atoms with Crippen LogP contribution >= 0.6 is 11.6 Å². The molecule has 1 N–H and O–H groups in total. The van der Waals surface area contributed by atoms with Gasteiger partial charge in [0.25, 0.3) is 0 Å². The Labute approximate surface area is 112 Å². The minimum atomic E-state index is -0.855. The lowest BCUT2D eigenvalue weighted by Crippen LogP contribution is -2.45. The SMILES string of the molecule is O=C(O)c1ccc(C23CCC(Cl)(CC2)CC3)cc1. The van der Waals surface area contributed by atoms with Crippen molar-refractivity contribution < 1.29 is 9.90 Å². The van der Waals surface area contributed by atoms with Gasteiger partial charge < -0.3 is 5.11 Å². The number of alkyl halides is 1. The van der Waals surface area contributed by atoms with Crippen LogP contribution in [0.1, 0.15) is 54.4 Å². The van der Waals surface area contributed by atoms with E-state index >= 15 is 0 Å². The second-order valence-electron chi connectivity index (χ2n) is 5.81. The molecule has 0 heterocycles. The molecule has 4 rings (SSSR count). The molecular formula is C15H17ClO2. The summed E-state index contributed by atoms with van der Waals surface area (Å²) < 4.78 is 0. The molecule has 0 unspecified atom stereocenters. The summed E-state index contributed by atoms with van der Waals surface area (Å²) in [7, 11) is 0. The van der Waals surface area contributed by atoms with E-state index in [1.807, 2.05) is 12.1 Å². The van der Waals surface area contributed by atoms with E-state index in [1.54, 1.807) is 12.1 Å². The number of hydrogen-bond donors (Lipinski definition) is 1. The van der Waals surface area contributed by atoms with Crippen molar-refractivity contribution in [3.63, 3.8) is 0 Å². The van der Waals surface area contributed by atoms with Crippen LogP contribution in [0.25, 0.3) is 0 Å². The highest BCUT2D eigenvalue weighted by atomic mass is 35.5. The third kappa shape index (κ3) is 1.83. The van der Waals surface area contributed by atoms with Gasteiger partial charge in [0.05, 0.1) is 5.56 Å². The Morgan fingerprint density at radius 1 is 1.00 bits per heavy atom. The van der Waals surface area contributed by atoms with E-state index in [-0.39, 0.29) is 10.3 Å². The molecule has 3 aliphatic carbocycles. The third-order valence-electron chi connectivity index (χ3n) is 4.90. The highest BCUT2D eigenvalue weighted by Gasteiger charge is 2.48. The molecule has 96 valence electrons. The fourth-order valence-corrected chi connectivity index (χ4v) is 3.82. The van der Waals surface area contributed by atoms with Crippen molar-refractivity contribution >= 4 is 17.6 Å². The van der Waals surface area contributed by atoms with Gasteiger partial charge in [-0.3, -0.25) is 0 Å². The summed E-state index contributed by atoms with van der Waals surface area (Å²) in [5.41, 5.74) is 1.92. The lowest BCUT2D eigenvalue weighted by atomic mass is 9.57. The zero-order valence-electron chi connectivity index (χ0n) is 10.3. The Hall–Kier alpha value is -1.02. The van der Waals surface area contributed by atoms with Gasteiger partial charge in [0, 0.05) is 4.87 Å². The van der Waals surface area contributed by atoms with E-state index < -0.39 is 5.97 Å². The topological polar surface area (TPSA) is 37.3 Å². The van der Waals surface area contributed by atoms with Crippen LogP contribution in [0, 0.1) is 0 Å². The van der Waals surface area contributed by atoms with Crippen LogP contribution in [0.4, 0.5) is 0 Å². The van der Waals surface area contributed by atoms with Gasteiger partial charge in [0.2, 0.25) is 0 Å². The largest absolute Gasteiger partial charge is 0.478 e. The molecule has 3 fully saturated rings. The average Bonchev–Trinajstić information content (AvgIpc) is 2.40. The number of carboxylic acids is 1. The molecule has 0 saturated heterocycles. The molecular weight excluding hydrogens is 248 g/mol. The van der Waals surface area contributed by atoms with Crippen molar-refractivity contribution in [3.8, 4) is 0 Å². The number of hydrogen-bond acceptors (Lipinski definition) is 1. The first-order chi connectivity index (χ1) is 8.53. The van der Waals surface area contributed by atoms with Crippen molar-refractivity contribution in [1.29, 1.82) is 0 Å². The summed E-state index contributed by atoms with van der Waals surface area (Å²) in [6.07, 6.45) is 6.70. The number of aromatic carboxylic acids is 1. The van der Waals surface area contributed by atoms with Crippen LogP contribution < -0.4 is 0 Å². The van der Waals surface area contributed by atoms with Crippen molar-refractivity contribution in [1.82, 2.24) is 0 Å². The Bertz CT molecular complexity index is 453. The first-order valence-electron chi connectivity index (χ1n) is 6.56. The summed E-state index contributed by atoms with van der Waals surface area (Å²) in [4.78, 5) is 10.9. The van der Waals surface area contributed by atoms with Crippen molar-refractivity contribution in [2.75, 3.05) is 0 Å². The first kappa shape index (κ1) is 12.0. The summed E-state index contributed by atoms with van der Waals surface area (Å²) in [5.74, 6) is -0.855. The van der Waals surface area contributed by atoms with Crippen LogP contribution in [0.5, 0.6) is 0 Å². The maximum Gasteiger partial charge on any atom is 0.335 e. The van der Waals surface area contributed by atoms with Gasteiger partial charge in [-0.05, 0) is 61.6 Å². The van der Waals surface area contributed by atoms with E-state index in [1.165, 1.54) is 5.56 Å². The minimum absolute atomic E-state index is 0.0583. The van der Waals surface area contributed by atoms with Crippen LogP contribution in [0.2, 0.25) is 0 Å². The second-order valence-corrected chi connectivity index (χ2v) is 6.62. The highest BCUT2D eigenvalue weighted by molar-refractivity contribution is 6.24. The number of carbonyl (C=O) groups is 1. The van der Waals surface area contributed by atoms with Gasteiger partial charge in [-0.25, -0.2) is 4.79 Å². The van der Waals surface area contributed by atoms with E-state index in [4.69, 9.17) is 16.7 Å². The molecule has 0 aromatic heterocycles. The highest BCUT2D eigenvalue weighted by Crippen LogP contribution is 2.56. The van der Waals surface area contributed by atoms with Crippen LogP contribution in [-0.4, -0.2) is 16.0 Å². The Morgan fingerprint density at radius 3 is 1.94 bits per heavy atom. The molecule has 3 aliphatic rings. The number of rotatable bonds is 2. The molecule has 2 nitrogen and oxygen atoms in total. The quantitative estimate of drug-likeness (QED) is 0.821. The fourth-order valence-electron chi connectivity index (χ4n) is 3.54. The standard InChI is InChI=1S/C15H17ClO2/c16-15-8-5-14(6-9-15,7-10-15)12-3-1-11(2-4-12)13(17)18/h1-4H,5-10H2,(H,17,18). The van der Waals surface area contributed by atoms with Gasteiger partial charge in [0.1, 0.15) is 0 Å². The Morgan fingerprint density at radius 2 is 1.50 bits per heavy atom. The summed E-state index contributed by atoms with van der Waals surface area (Å²) in [6, 6.07) is 7.44. The predicted octanol–water partition coefficient (Wildman–Crippen LogP) is 3.97. The molecule has 0 spiro atoms. The zero-order chi connectivity index (χ0) is 12.8. The second kappa shape index (κ2) is 3.99. The molecule has 0 amide bonds. The minimum Gasteiger partial charge on any atom is -0.478 e. The number of carboxylic acid groups (broad SMARTS) is 1. The van der Waals surface area contributed by atoms with Crippen LogP contribution in [0.3, 0.4) is 0 Å². The van der Waals surface area contributed by atoms with Crippen molar-refractivity contribution in [3.05, 3.63) is 35.4 Å². The molecule has 0 radical (unpaired) electrons. The third-order valence-corrected chi connectivity index (χ3v) is 5.47. The normalized spacial score (nSPS) is 34.5. The average molecular weight is 265 g/mol. The Kier molecular flexibility index (Phi) is 2.67. The van der Waals surface area contributed by atoms with Gasteiger partial charge in [-0.2, -0.15) is 0 Å². The Balaban J connectivity index is 1.88. The maximum atomic E-state index is 10.9. The van der Waals surface area contributed by atoms with Crippen LogP contribution in [0.15, 0.2) is 24.3 Å². The van der Waals surface area contributed by atoms with Gasteiger partial charge in [-0.15, -0.1) is 11.6 Å². The van der Waals surface area contributed by atoms with Crippen molar-refractivity contribution in [2.24, 2.45) is 0 Å². The molecule has 1 aromatic carbocycles. The molecule has 0 atom stereocenters. The van der Waals surface area contributed by atoms with E-state index in [9.17, 15) is 4.79 Å². The summed E-state index contributed by atoms with van der Waals surface area (Å²) in [5, 5.41) is 8.93. The van der Waals surface area contributed by atoms with Gasteiger partial charge in [0.15, 0.2) is 0 Å². The monoisotopic (exact) mass is 264 g/mol. The maximum absolute atomic E-state index is 10.9. The number of fused-ring (bicyclic) bond motifs is 3. The van der Waals surface area contributed by atoms with Gasteiger partial charge >= 0.3 is 5.97 Å². The lowest BCUT2D eigenvalue weighted by Gasteiger charge is -2.51. The van der Waals surface area contributed by atoms with E-state index in [0.717, 1.165) is 38.5 Å². The zero-order valence-corrected chi connectivity index (χ0v) is 11.0. The van der Waals surface area contributed by atoms with Crippen molar-refractivity contribution in [2.45, 2.75) is 48.8 Å². The van der Waals surface area contributed by atoms with Gasteiger partial charge in [-0.1, -0.05) is 12.1 Å². The smallest absolute Gasteiger partial charge is 0.335 e. The molecule has 18 heavy (non-hydrogen) atoms. The number of halogens is 1. The first-order valence-corrected chi connectivity index (χ1v) is 6.94. The molecule has 0 aliphatic heterocycles. The summed E-state index contributed by atoms with van der Waals surface area (Å²) >= 11 is 6.54. The lowest BCUT2D eigenvalue weighted by molar-refractivity contribution is 0.0696. The number of benzene rings is 1. The van der Waals surface area contributed by atoms with Crippen LogP contribution in [-0.2, 0) is 5.41 Å². The summed E-state index contributed by atoms with van der Waals surface area (Å²) in [6.45, 7) is 0. The fraction of sp³-hybridized carbons (Fsp3) is 0.533. The molecule has 3 heteroatoms. The molecule has 2 bridgehead atoms. The molecule has 1 aromatic rings. The van der Waals surface area contributed by atoms with E-state index in [2.05, 4.69) is 0 Å².